The first-order valence-electron chi connectivity index (χ1n) is 8.34. The number of carbonyl (C=O) groups is 1. The van der Waals surface area contributed by atoms with Crippen molar-refractivity contribution in [1.82, 2.24) is 15.2 Å². The molecule has 0 saturated heterocycles. The predicted octanol–water partition coefficient (Wildman–Crippen LogP) is 3.76. The number of rotatable bonds is 8. The fraction of sp³-hybridized carbons (Fsp3) is 0.158. The number of Topliss-reactive ketones (excluding diaryl/α,β-unsaturated/α-hetero) is 1. The zero-order valence-electron chi connectivity index (χ0n) is 15.3. The Hall–Kier alpha value is -3.20. The van der Waals surface area contributed by atoms with Crippen LogP contribution in [-0.4, -0.2) is 39.5 Å². The van der Waals surface area contributed by atoms with E-state index in [0.29, 0.717) is 16.7 Å². The van der Waals surface area contributed by atoms with E-state index in [9.17, 15) is 9.18 Å². The van der Waals surface area contributed by atoms with Crippen molar-refractivity contribution in [3.63, 3.8) is 0 Å². The summed E-state index contributed by atoms with van der Waals surface area (Å²) in [5, 5.41) is 11.4. The lowest BCUT2D eigenvalue weighted by molar-refractivity contribution is 0.102. The van der Waals surface area contributed by atoms with Gasteiger partial charge >= 0.3 is 0 Å². The molecule has 1 aromatic heterocycles. The van der Waals surface area contributed by atoms with Gasteiger partial charge in [0.05, 0.1) is 18.6 Å². The van der Waals surface area contributed by atoms with E-state index in [1.54, 1.807) is 7.11 Å². The molecule has 0 saturated carbocycles. The molecule has 7 nitrogen and oxygen atoms in total. The van der Waals surface area contributed by atoms with Crippen LogP contribution < -0.4 is 10.2 Å². The summed E-state index contributed by atoms with van der Waals surface area (Å²) in [5.41, 5.74) is 4.90. The van der Waals surface area contributed by atoms with Gasteiger partial charge in [-0.15, -0.1) is 5.10 Å². The Bertz CT molecular complexity index is 988. The molecule has 0 spiro atoms. The highest BCUT2D eigenvalue weighted by Gasteiger charge is 2.10. The molecule has 3 rings (SSSR count). The standard InChI is InChI=1S/C19H18FN5O2S/c1-12(14-4-3-5-16(10-14)27-2)22-23-18-21-19(25-24-18)28-11-17(26)13-6-8-15(20)9-7-13/h3-10H,11H2,1-2H3,(H2,21,23,24,25)/b22-12+. The van der Waals surface area contributed by atoms with Crippen LogP contribution in [0.2, 0.25) is 0 Å². The molecular weight excluding hydrogens is 381 g/mol. The third kappa shape index (κ3) is 5.17. The number of methoxy groups -OCH3 is 1. The number of benzene rings is 2. The van der Waals surface area contributed by atoms with Gasteiger partial charge in [-0.1, -0.05) is 23.9 Å². The molecule has 0 unspecified atom stereocenters. The monoisotopic (exact) mass is 399 g/mol. The van der Waals surface area contributed by atoms with E-state index in [-0.39, 0.29) is 17.4 Å². The fourth-order valence-electron chi connectivity index (χ4n) is 2.26. The first-order chi connectivity index (χ1) is 13.5. The van der Waals surface area contributed by atoms with E-state index >= 15 is 0 Å². The SMILES string of the molecule is COc1cccc(/C(C)=N/Nc2nc(SCC(=O)c3ccc(F)cc3)n[nH]2)c1. The van der Waals surface area contributed by atoms with Gasteiger partial charge in [-0.05, 0) is 43.3 Å². The molecule has 0 amide bonds. The number of ketones is 1. The van der Waals surface area contributed by atoms with Gasteiger partial charge < -0.3 is 4.74 Å². The highest BCUT2D eigenvalue weighted by atomic mass is 32.2. The minimum absolute atomic E-state index is 0.129. The van der Waals surface area contributed by atoms with Gasteiger partial charge in [-0.25, -0.2) is 14.9 Å². The average Bonchev–Trinajstić information content (AvgIpc) is 3.18. The third-order valence-corrected chi connectivity index (χ3v) is 4.63. The van der Waals surface area contributed by atoms with Gasteiger partial charge in [0.1, 0.15) is 11.6 Å². The summed E-state index contributed by atoms with van der Waals surface area (Å²) in [5.74, 6) is 0.750. The van der Waals surface area contributed by atoms with E-state index in [0.717, 1.165) is 17.0 Å². The molecule has 0 atom stereocenters. The number of nitrogens with zero attached hydrogens (tertiary/aromatic N) is 3. The number of carbonyl (C=O) groups excluding carboxylic acids is 1. The van der Waals surface area contributed by atoms with Crippen molar-refractivity contribution in [2.45, 2.75) is 12.1 Å². The quantitative estimate of drug-likeness (QED) is 0.259. The maximum atomic E-state index is 12.9. The summed E-state index contributed by atoms with van der Waals surface area (Å²) in [7, 11) is 1.61. The van der Waals surface area contributed by atoms with Crippen molar-refractivity contribution in [3.05, 3.63) is 65.5 Å². The van der Waals surface area contributed by atoms with Crippen molar-refractivity contribution < 1.29 is 13.9 Å². The number of hydrogen-bond acceptors (Lipinski definition) is 7. The van der Waals surface area contributed by atoms with Crippen LogP contribution in [-0.2, 0) is 0 Å². The van der Waals surface area contributed by atoms with Crippen LogP contribution in [0.5, 0.6) is 5.75 Å². The van der Waals surface area contributed by atoms with Crippen LogP contribution in [0, 0.1) is 5.82 Å². The maximum Gasteiger partial charge on any atom is 0.240 e. The Kier molecular flexibility index (Phi) is 6.38. The molecule has 0 bridgehead atoms. The number of halogens is 1. The Morgan fingerprint density at radius 1 is 1.25 bits per heavy atom. The normalized spacial score (nSPS) is 11.3. The van der Waals surface area contributed by atoms with Crippen molar-refractivity contribution in [2.24, 2.45) is 5.10 Å². The van der Waals surface area contributed by atoms with Crippen molar-refractivity contribution in [3.8, 4) is 5.75 Å². The molecule has 2 N–H and O–H groups in total. The summed E-state index contributed by atoms with van der Waals surface area (Å²) in [6.45, 7) is 1.86. The maximum absolute atomic E-state index is 12.9. The second-order valence-corrected chi connectivity index (χ2v) is 6.67. The summed E-state index contributed by atoms with van der Waals surface area (Å²) in [6.07, 6.45) is 0. The van der Waals surface area contributed by atoms with Gasteiger partial charge in [0, 0.05) is 11.1 Å². The van der Waals surface area contributed by atoms with E-state index in [4.69, 9.17) is 4.74 Å². The molecule has 0 aliphatic carbocycles. The van der Waals surface area contributed by atoms with E-state index in [2.05, 4.69) is 25.7 Å². The fourth-order valence-corrected chi connectivity index (χ4v) is 2.95. The Balaban J connectivity index is 1.56. The number of H-pyrrole nitrogens is 1. The molecule has 0 fully saturated rings. The lowest BCUT2D eigenvalue weighted by Crippen LogP contribution is -2.02. The third-order valence-electron chi connectivity index (χ3n) is 3.78. The van der Waals surface area contributed by atoms with Crippen LogP contribution in [0.3, 0.4) is 0 Å². The van der Waals surface area contributed by atoms with Gasteiger partial charge in [0.15, 0.2) is 5.78 Å². The van der Waals surface area contributed by atoms with Gasteiger partial charge in [-0.2, -0.15) is 10.1 Å². The summed E-state index contributed by atoms with van der Waals surface area (Å²) < 4.78 is 18.1. The molecule has 1 heterocycles. The number of ether oxygens (including phenoxy) is 1. The molecule has 3 aromatic rings. The first kappa shape index (κ1) is 19.6. The molecule has 0 aliphatic rings. The highest BCUT2D eigenvalue weighted by Crippen LogP contribution is 2.17. The number of hydrogen-bond donors (Lipinski definition) is 2. The Labute approximate surface area is 165 Å². The van der Waals surface area contributed by atoms with Gasteiger partial charge in [0.25, 0.3) is 0 Å². The molecular formula is C19H18FN5O2S. The van der Waals surface area contributed by atoms with Crippen LogP contribution in [0.25, 0.3) is 0 Å². The minimum Gasteiger partial charge on any atom is -0.497 e. The highest BCUT2D eigenvalue weighted by molar-refractivity contribution is 7.99. The average molecular weight is 399 g/mol. The molecule has 144 valence electrons. The van der Waals surface area contributed by atoms with Gasteiger partial charge in [-0.3, -0.25) is 4.79 Å². The number of aromatic nitrogens is 3. The molecule has 9 heteroatoms. The zero-order chi connectivity index (χ0) is 19.9. The first-order valence-corrected chi connectivity index (χ1v) is 9.32. The molecule has 0 aliphatic heterocycles. The smallest absolute Gasteiger partial charge is 0.240 e. The predicted molar refractivity (Wildman–Crippen MR) is 107 cm³/mol. The lowest BCUT2D eigenvalue weighted by atomic mass is 10.1. The number of thioether (sulfide) groups is 1. The second-order valence-electron chi connectivity index (χ2n) is 5.73. The van der Waals surface area contributed by atoms with Crippen molar-refractivity contribution >= 4 is 29.2 Å². The van der Waals surface area contributed by atoms with E-state index in [1.807, 2.05) is 31.2 Å². The van der Waals surface area contributed by atoms with Crippen molar-refractivity contribution in [2.75, 3.05) is 18.3 Å². The Morgan fingerprint density at radius 3 is 2.79 bits per heavy atom. The minimum atomic E-state index is -0.376. The summed E-state index contributed by atoms with van der Waals surface area (Å²) in [4.78, 5) is 16.3. The summed E-state index contributed by atoms with van der Waals surface area (Å²) in [6, 6.07) is 13.0. The van der Waals surface area contributed by atoms with Crippen LogP contribution in [0.4, 0.5) is 10.3 Å². The number of anilines is 1. The van der Waals surface area contributed by atoms with Crippen LogP contribution in [0.1, 0.15) is 22.8 Å². The van der Waals surface area contributed by atoms with Crippen molar-refractivity contribution in [1.29, 1.82) is 0 Å². The Morgan fingerprint density at radius 2 is 2.04 bits per heavy atom. The zero-order valence-corrected chi connectivity index (χ0v) is 16.1. The van der Waals surface area contributed by atoms with E-state index in [1.165, 1.54) is 36.0 Å². The van der Waals surface area contributed by atoms with Gasteiger partial charge in [0.2, 0.25) is 11.1 Å². The largest absolute Gasteiger partial charge is 0.497 e. The van der Waals surface area contributed by atoms with Crippen LogP contribution >= 0.6 is 11.8 Å². The molecule has 28 heavy (non-hydrogen) atoms. The lowest BCUT2D eigenvalue weighted by Gasteiger charge is -2.04. The van der Waals surface area contributed by atoms with Crippen LogP contribution in [0.15, 0.2) is 58.8 Å². The number of aromatic amines is 1. The second kappa shape index (κ2) is 9.14. The summed E-state index contributed by atoms with van der Waals surface area (Å²) >= 11 is 1.18. The molecule has 2 aromatic carbocycles. The number of nitrogens with one attached hydrogen (secondary N) is 2. The van der Waals surface area contributed by atoms with E-state index < -0.39 is 0 Å². The number of hydrazone groups is 1. The topological polar surface area (TPSA) is 92.3 Å². The molecule has 0 radical (unpaired) electrons.